The Morgan fingerprint density at radius 1 is 1.39 bits per heavy atom. The van der Waals surface area contributed by atoms with Crippen molar-refractivity contribution in [2.24, 2.45) is 0 Å². The number of rotatable bonds is 3. The predicted molar refractivity (Wildman–Crippen MR) is 65.4 cm³/mol. The third kappa shape index (κ3) is 2.26. The molecule has 3 rings (SSSR count). The van der Waals surface area contributed by atoms with Gasteiger partial charge in [-0.25, -0.2) is 0 Å². The van der Waals surface area contributed by atoms with Crippen molar-refractivity contribution in [1.82, 2.24) is 10.6 Å². The summed E-state index contributed by atoms with van der Waals surface area (Å²) in [4.78, 5) is 11.1. The van der Waals surface area contributed by atoms with Crippen molar-refractivity contribution < 1.29 is 14.3 Å². The maximum absolute atomic E-state index is 11.1. The standard InChI is InChI=1S/C13H16N2O3/c16-12-5-4-10(7-15-12)14-6-9-2-1-3-11-13(9)18-8-17-11/h1-3,10,14H,4-8H2,(H,15,16). The maximum Gasteiger partial charge on any atom is 0.231 e. The molecule has 0 radical (unpaired) electrons. The Morgan fingerprint density at radius 3 is 3.17 bits per heavy atom. The zero-order valence-corrected chi connectivity index (χ0v) is 10.1. The van der Waals surface area contributed by atoms with Crippen molar-refractivity contribution in [3.63, 3.8) is 0 Å². The summed E-state index contributed by atoms with van der Waals surface area (Å²) in [6.45, 7) is 1.73. The molecule has 0 saturated carbocycles. The van der Waals surface area contributed by atoms with Crippen molar-refractivity contribution in [1.29, 1.82) is 0 Å². The minimum atomic E-state index is 0.144. The SMILES string of the molecule is O=C1CCC(NCc2cccc3c2OCO3)CN1. The number of nitrogens with one attached hydrogen (secondary N) is 2. The molecule has 2 heterocycles. The van der Waals surface area contributed by atoms with Crippen molar-refractivity contribution >= 4 is 5.91 Å². The molecule has 1 amide bonds. The lowest BCUT2D eigenvalue weighted by Gasteiger charge is -2.23. The molecule has 96 valence electrons. The number of para-hydroxylation sites is 1. The van der Waals surface area contributed by atoms with Gasteiger partial charge < -0.3 is 20.1 Å². The Morgan fingerprint density at radius 2 is 2.33 bits per heavy atom. The van der Waals surface area contributed by atoms with E-state index in [-0.39, 0.29) is 5.91 Å². The fraction of sp³-hybridized carbons (Fsp3) is 0.462. The number of fused-ring (bicyclic) bond motifs is 1. The number of hydrogen-bond acceptors (Lipinski definition) is 4. The van der Waals surface area contributed by atoms with Gasteiger partial charge in [-0.2, -0.15) is 0 Å². The monoisotopic (exact) mass is 248 g/mol. The van der Waals surface area contributed by atoms with Gasteiger partial charge >= 0.3 is 0 Å². The van der Waals surface area contributed by atoms with Gasteiger partial charge in [0.05, 0.1) is 0 Å². The Bertz CT molecular complexity index is 452. The summed E-state index contributed by atoms with van der Waals surface area (Å²) in [7, 11) is 0. The van der Waals surface area contributed by atoms with E-state index in [0.29, 0.717) is 25.8 Å². The first-order valence-corrected chi connectivity index (χ1v) is 6.20. The number of ether oxygens (including phenoxy) is 2. The smallest absolute Gasteiger partial charge is 0.231 e. The van der Waals surface area contributed by atoms with Crippen molar-refractivity contribution in [3.8, 4) is 11.5 Å². The summed E-state index contributed by atoms with van der Waals surface area (Å²) in [5, 5.41) is 6.30. The van der Waals surface area contributed by atoms with Crippen molar-refractivity contribution in [2.45, 2.75) is 25.4 Å². The maximum atomic E-state index is 11.1. The van der Waals surface area contributed by atoms with Crippen LogP contribution in [0.3, 0.4) is 0 Å². The molecule has 1 aromatic rings. The minimum Gasteiger partial charge on any atom is -0.454 e. The highest BCUT2D eigenvalue weighted by molar-refractivity contribution is 5.76. The summed E-state index contributed by atoms with van der Waals surface area (Å²) in [5.74, 6) is 1.79. The summed E-state index contributed by atoms with van der Waals surface area (Å²) >= 11 is 0. The predicted octanol–water partition coefficient (Wildman–Crippen LogP) is 0.783. The van der Waals surface area contributed by atoms with E-state index in [0.717, 1.165) is 30.0 Å². The van der Waals surface area contributed by atoms with Crippen LogP contribution in [0.4, 0.5) is 0 Å². The average molecular weight is 248 g/mol. The molecule has 5 heteroatoms. The van der Waals surface area contributed by atoms with Gasteiger partial charge in [-0.3, -0.25) is 4.79 Å². The van der Waals surface area contributed by atoms with E-state index in [2.05, 4.69) is 10.6 Å². The topological polar surface area (TPSA) is 59.6 Å². The largest absolute Gasteiger partial charge is 0.454 e. The van der Waals surface area contributed by atoms with Gasteiger partial charge in [0.15, 0.2) is 11.5 Å². The summed E-state index contributed by atoms with van der Waals surface area (Å²) in [5.41, 5.74) is 1.10. The number of amides is 1. The van der Waals surface area contributed by atoms with Crippen LogP contribution in [0.25, 0.3) is 0 Å². The summed E-state index contributed by atoms with van der Waals surface area (Å²) < 4.78 is 10.8. The number of hydrogen-bond donors (Lipinski definition) is 2. The van der Waals surface area contributed by atoms with Gasteiger partial charge in [-0.15, -0.1) is 0 Å². The Balaban J connectivity index is 1.60. The van der Waals surface area contributed by atoms with Crippen LogP contribution < -0.4 is 20.1 Å². The highest BCUT2D eigenvalue weighted by Gasteiger charge is 2.20. The molecule has 5 nitrogen and oxygen atoms in total. The molecule has 2 aliphatic heterocycles. The van der Waals surface area contributed by atoms with Gasteiger partial charge in [-0.1, -0.05) is 12.1 Å². The third-order valence-electron chi connectivity index (χ3n) is 3.32. The normalized spacial score (nSPS) is 21.8. The molecular weight excluding hydrogens is 232 g/mol. The molecule has 0 aliphatic carbocycles. The fourth-order valence-corrected chi connectivity index (χ4v) is 2.29. The highest BCUT2D eigenvalue weighted by atomic mass is 16.7. The third-order valence-corrected chi connectivity index (χ3v) is 3.32. The second-order valence-corrected chi connectivity index (χ2v) is 4.57. The van der Waals surface area contributed by atoms with Gasteiger partial charge in [0, 0.05) is 31.1 Å². The van der Waals surface area contributed by atoms with E-state index < -0.39 is 0 Å². The number of piperidine rings is 1. The van der Waals surface area contributed by atoms with Crippen LogP contribution in [0.2, 0.25) is 0 Å². The zero-order valence-electron chi connectivity index (χ0n) is 10.1. The summed E-state index contributed by atoms with van der Waals surface area (Å²) in [6, 6.07) is 6.24. The van der Waals surface area contributed by atoms with Crippen LogP contribution >= 0.6 is 0 Å². The van der Waals surface area contributed by atoms with Crippen molar-refractivity contribution in [3.05, 3.63) is 23.8 Å². The molecule has 18 heavy (non-hydrogen) atoms. The van der Waals surface area contributed by atoms with E-state index in [4.69, 9.17) is 9.47 Å². The first-order chi connectivity index (χ1) is 8.83. The molecule has 2 N–H and O–H groups in total. The van der Waals surface area contributed by atoms with Crippen LogP contribution in [0.15, 0.2) is 18.2 Å². The van der Waals surface area contributed by atoms with Gasteiger partial charge in [0.1, 0.15) is 0 Å². The lowest BCUT2D eigenvalue weighted by molar-refractivity contribution is -0.122. The van der Waals surface area contributed by atoms with Gasteiger partial charge in [0.2, 0.25) is 12.7 Å². The molecule has 1 atom stereocenters. The summed E-state index contributed by atoms with van der Waals surface area (Å²) in [6.07, 6.45) is 1.49. The van der Waals surface area contributed by atoms with E-state index in [1.54, 1.807) is 0 Å². The molecule has 1 aromatic carbocycles. The highest BCUT2D eigenvalue weighted by Crippen LogP contribution is 2.35. The molecule has 1 unspecified atom stereocenters. The zero-order chi connectivity index (χ0) is 12.4. The molecule has 0 bridgehead atoms. The van der Waals surface area contributed by atoms with Crippen LogP contribution in [-0.2, 0) is 11.3 Å². The van der Waals surface area contributed by atoms with E-state index in [9.17, 15) is 4.79 Å². The second kappa shape index (κ2) is 4.86. The van der Waals surface area contributed by atoms with Gasteiger partial charge in [-0.05, 0) is 12.5 Å². The fourth-order valence-electron chi connectivity index (χ4n) is 2.29. The molecule has 1 fully saturated rings. The average Bonchev–Trinajstić information content (AvgIpc) is 2.87. The second-order valence-electron chi connectivity index (χ2n) is 4.57. The molecule has 0 spiro atoms. The first-order valence-electron chi connectivity index (χ1n) is 6.20. The Labute approximate surface area is 105 Å². The van der Waals surface area contributed by atoms with Crippen LogP contribution in [0.1, 0.15) is 18.4 Å². The number of carbonyl (C=O) groups excluding carboxylic acids is 1. The van der Waals surface area contributed by atoms with Gasteiger partial charge in [0.25, 0.3) is 0 Å². The number of carbonyl (C=O) groups is 1. The van der Waals surface area contributed by atoms with E-state index in [1.807, 2.05) is 18.2 Å². The molecular formula is C13H16N2O3. The molecule has 1 saturated heterocycles. The van der Waals surface area contributed by atoms with Crippen LogP contribution in [0.5, 0.6) is 11.5 Å². The van der Waals surface area contributed by atoms with Crippen LogP contribution in [0, 0.1) is 0 Å². The lowest BCUT2D eigenvalue weighted by Crippen LogP contribution is -2.45. The van der Waals surface area contributed by atoms with Crippen LogP contribution in [-0.4, -0.2) is 25.3 Å². The molecule has 0 aromatic heterocycles. The quantitative estimate of drug-likeness (QED) is 0.830. The first kappa shape index (κ1) is 11.3. The number of benzene rings is 1. The Hall–Kier alpha value is -1.75. The molecule has 2 aliphatic rings. The van der Waals surface area contributed by atoms with E-state index >= 15 is 0 Å². The minimum absolute atomic E-state index is 0.144. The van der Waals surface area contributed by atoms with Crippen molar-refractivity contribution in [2.75, 3.05) is 13.3 Å². The lowest BCUT2D eigenvalue weighted by atomic mass is 10.1. The van der Waals surface area contributed by atoms with E-state index in [1.165, 1.54) is 0 Å². The Kier molecular flexibility index (Phi) is 3.06.